The van der Waals surface area contributed by atoms with Crippen LogP contribution in [0.4, 0.5) is 0 Å². The molecular weight excluding hydrogens is 318 g/mol. The number of nitrogens with one attached hydrogen (secondary N) is 1. The fourth-order valence-corrected chi connectivity index (χ4v) is 3.42. The molecule has 0 bridgehead atoms. The number of nitriles is 1. The summed E-state index contributed by atoms with van der Waals surface area (Å²) in [5.74, 6) is -0.00976. The summed E-state index contributed by atoms with van der Waals surface area (Å²) in [4.78, 5) is 13.5. The van der Waals surface area contributed by atoms with Crippen LogP contribution >= 0.6 is 11.3 Å². The number of benzene rings is 1. The number of aromatic nitrogens is 1. The molecule has 0 unspecified atom stereocenters. The van der Waals surface area contributed by atoms with Crippen molar-refractivity contribution in [3.05, 3.63) is 82.3 Å². The molecule has 3 aromatic rings. The average molecular weight is 335 g/mol. The highest BCUT2D eigenvalue weighted by atomic mass is 32.1. The molecular formula is C19H17N3OS. The Labute approximate surface area is 145 Å². The summed E-state index contributed by atoms with van der Waals surface area (Å²) in [6.07, 6.45) is 4.34. The molecule has 3 rings (SSSR count). The van der Waals surface area contributed by atoms with Gasteiger partial charge in [0.1, 0.15) is 0 Å². The molecule has 1 N–H and O–H groups in total. The van der Waals surface area contributed by atoms with E-state index in [-0.39, 0.29) is 11.9 Å². The third kappa shape index (κ3) is 3.92. The van der Waals surface area contributed by atoms with Gasteiger partial charge in [-0.1, -0.05) is 18.2 Å². The number of carbonyl (C=O) groups is 1. The monoisotopic (exact) mass is 335 g/mol. The number of amides is 1. The molecule has 0 radical (unpaired) electrons. The molecule has 0 aliphatic heterocycles. The van der Waals surface area contributed by atoms with E-state index in [1.165, 1.54) is 0 Å². The molecule has 1 atom stereocenters. The van der Waals surface area contributed by atoms with E-state index in [0.717, 1.165) is 10.4 Å². The standard InChI is InChI=1S/C19H17N3OS/c20-13-15-5-3-6-16(11-15)14-21-19(23)12-17(18-7-4-10-24-18)22-8-1-2-9-22/h1-11,17H,12,14H2,(H,21,23)/t17-/m0/s1. The Morgan fingerprint density at radius 1 is 1.21 bits per heavy atom. The first-order chi connectivity index (χ1) is 11.8. The normalized spacial score (nSPS) is 11.6. The summed E-state index contributed by atoms with van der Waals surface area (Å²) < 4.78 is 2.06. The van der Waals surface area contributed by atoms with Gasteiger partial charge in [0.2, 0.25) is 5.91 Å². The Hall–Kier alpha value is -2.84. The van der Waals surface area contributed by atoms with Crippen molar-refractivity contribution in [2.24, 2.45) is 0 Å². The Kier molecular flexibility index (Phi) is 5.09. The molecule has 1 amide bonds. The minimum absolute atomic E-state index is 0.00504. The summed E-state index contributed by atoms with van der Waals surface area (Å²) in [5, 5.41) is 13.9. The van der Waals surface area contributed by atoms with Gasteiger partial charge in [-0.3, -0.25) is 4.79 Å². The first kappa shape index (κ1) is 16.0. The van der Waals surface area contributed by atoms with Gasteiger partial charge < -0.3 is 9.88 Å². The van der Waals surface area contributed by atoms with Crippen LogP contribution in [0.5, 0.6) is 0 Å². The lowest BCUT2D eigenvalue weighted by molar-refractivity contribution is -0.121. The molecule has 0 aliphatic rings. The predicted octanol–water partition coefficient (Wildman–Crippen LogP) is 3.72. The predicted molar refractivity (Wildman–Crippen MR) is 94.5 cm³/mol. The highest BCUT2D eigenvalue weighted by molar-refractivity contribution is 7.10. The van der Waals surface area contributed by atoms with Crippen molar-refractivity contribution in [1.29, 1.82) is 5.26 Å². The van der Waals surface area contributed by atoms with Crippen LogP contribution < -0.4 is 5.32 Å². The van der Waals surface area contributed by atoms with Crippen molar-refractivity contribution >= 4 is 17.2 Å². The minimum Gasteiger partial charge on any atom is -0.352 e. The summed E-state index contributed by atoms with van der Waals surface area (Å²) in [6.45, 7) is 0.428. The Balaban J connectivity index is 1.65. The summed E-state index contributed by atoms with van der Waals surface area (Å²) in [6, 6.07) is 17.4. The second-order valence-electron chi connectivity index (χ2n) is 5.45. The fraction of sp³-hybridized carbons (Fsp3) is 0.158. The van der Waals surface area contributed by atoms with Crippen LogP contribution in [0.2, 0.25) is 0 Å². The highest BCUT2D eigenvalue weighted by Crippen LogP contribution is 2.26. The topological polar surface area (TPSA) is 57.8 Å². The molecule has 2 heterocycles. The minimum atomic E-state index is -0.00976. The van der Waals surface area contributed by atoms with Gasteiger partial charge in [0.15, 0.2) is 0 Å². The third-order valence-corrected chi connectivity index (χ3v) is 4.76. The van der Waals surface area contributed by atoms with Gasteiger partial charge in [-0.2, -0.15) is 5.26 Å². The molecule has 120 valence electrons. The van der Waals surface area contributed by atoms with Gasteiger partial charge in [-0.15, -0.1) is 11.3 Å². The molecule has 24 heavy (non-hydrogen) atoms. The quantitative estimate of drug-likeness (QED) is 0.746. The summed E-state index contributed by atoms with van der Waals surface area (Å²) in [5.41, 5.74) is 1.53. The van der Waals surface area contributed by atoms with Gasteiger partial charge in [0, 0.05) is 23.8 Å². The van der Waals surface area contributed by atoms with Crippen molar-refractivity contribution in [2.75, 3.05) is 0 Å². The molecule has 5 heteroatoms. The largest absolute Gasteiger partial charge is 0.352 e. The van der Waals surface area contributed by atoms with Crippen LogP contribution in [-0.4, -0.2) is 10.5 Å². The Morgan fingerprint density at radius 2 is 2.04 bits per heavy atom. The molecule has 2 aromatic heterocycles. The first-order valence-electron chi connectivity index (χ1n) is 7.68. The second kappa shape index (κ2) is 7.62. The first-order valence-corrected chi connectivity index (χ1v) is 8.56. The van der Waals surface area contributed by atoms with Crippen molar-refractivity contribution in [3.63, 3.8) is 0 Å². The van der Waals surface area contributed by atoms with Gasteiger partial charge in [0.25, 0.3) is 0 Å². The summed E-state index contributed by atoms with van der Waals surface area (Å²) >= 11 is 1.65. The molecule has 0 saturated carbocycles. The molecule has 0 fully saturated rings. The van der Waals surface area contributed by atoms with Gasteiger partial charge in [-0.25, -0.2) is 0 Å². The van der Waals surface area contributed by atoms with Crippen molar-refractivity contribution < 1.29 is 4.79 Å². The van der Waals surface area contributed by atoms with E-state index in [9.17, 15) is 4.79 Å². The number of hydrogen-bond acceptors (Lipinski definition) is 3. The maximum atomic E-state index is 12.4. The number of thiophene rings is 1. The van der Waals surface area contributed by atoms with Crippen molar-refractivity contribution in [1.82, 2.24) is 9.88 Å². The number of carbonyl (C=O) groups excluding carboxylic acids is 1. The van der Waals surface area contributed by atoms with Gasteiger partial charge in [0.05, 0.1) is 24.1 Å². The van der Waals surface area contributed by atoms with Crippen LogP contribution in [0, 0.1) is 11.3 Å². The molecule has 0 aliphatic carbocycles. The van der Waals surface area contributed by atoms with E-state index in [0.29, 0.717) is 18.5 Å². The van der Waals surface area contributed by atoms with Gasteiger partial charge in [-0.05, 0) is 41.3 Å². The second-order valence-corrected chi connectivity index (χ2v) is 6.43. The fourth-order valence-electron chi connectivity index (χ4n) is 2.59. The van der Waals surface area contributed by atoms with E-state index in [1.807, 2.05) is 48.1 Å². The van der Waals surface area contributed by atoms with Crippen LogP contribution in [0.15, 0.2) is 66.3 Å². The van der Waals surface area contributed by atoms with Crippen molar-refractivity contribution in [2.45, 2.75) is 19.0 Å². The van der Waals surface area contributed by atoms with E-state index < -0.39 is 0 Å². The maximum Gasteiger partial charge on any atom is 0.222 e. The van der Waals surface area contributed by atoms with Crippen LogP contribution in [0.25, 0.3) is 0 Å². The maximum absolute atomic E-state index is 12.4. The van der Waals surface area contributed by atoms with Crippen LogP contribution in [0.3, 0.4) is 0 Å². The van der Waals surface area contributed by atoms with Crippen LogP contribution in [-0.2, 0) is 11.3 Å². The molecule has 1 aromatic carbocycles. The molecule has 0 spiro atoms. The zero-order valence-corrected chi connectivity index (χ0v) is 13.9. The average Bonchev–Trinajstić information content (AvgIpc) is 3.31. The summed E-state index contributed by atoms with van der Waals surface area (Å²) in [7, 11) is 0. The SMILES string of the molecule is N#Cc1cccc(CNC(=O)C[C@@H](c2cccs2)n2cccc2)c1. The number of nitrogens with zero attached hydrogens (tertiary/aromatic N) is 2. The zero-order chi connectivity index (χ0) is 16.8. The lowest BCUT2D eigenvalue weighted by Crippen LogP contribution is -2.26. The third-order valence-electron chi connectivity index (χ3n) is 3.78. The lowest BCUT2D eigenvalue weighted by atomic mass is 10.1. The Morgan fingerprint density at radius 3 is 2.75 bits per heavy atom. The smallest absolute Gasteiger partial charge is 0.222 e. The van der Waals surface area contributed by atoms with Gasteiger partial charge >= 0.3 is 0 Å². The number of rotatable bonds is 6. The highest BCUT2D eigenvalue weighted by Gasteiger charge is 2.18. The van der Waals surface area contributed by atoms with E-state index in [2.05, 4.69) is 22.0 Å². The zero-order valence-electron chi connectivity index (χ0n) is 13.1. The van der Waals surface area contributed by atoms with Crippen molar-refractivity contribution in [3.8, 4) is 6.07 Å². The van der Waals surface area contributed by atoms with Crippen LogP contribution in [0.1, 0.15) is 28.5 Å². The Bertz CT molecular complexity index is 798. The molecule has 4 nitrogen and oxygen atoms in total. The lowest BCUT2D eigenvalue weighted by Gasteiger charge is -2.17. The van der Waals surface area contributed by atoms with E-state index in [4.69, 9.17) is 5.26 Å². The molecule has 0 saturated heterocycles. The number of hydrogen-bond donors (Lipinski definition) is 1. The van der Waals surface area contributed by atoms with E-state index in [1.54, 1.807) is 23.5 Å². The van der Waals surface area contributed by atoms with E-state index >= 15 is 0 Å².